The summed E-state index contributed by atoms with van der Waals surface area (Å²) in [4.78, 5) is 26.3. The Morgan fingerprint density at radius 2 is 2.00 bits per heavy atom. The molecule has 0 saturated carbocycles. The van der Waals surface area contributed by atoms with Gasteiger partial charge in [0.25, 0.3) is 0 Å². The molecule has 29 heavy (non-hydrogen) atoms. The summed E-state index contributed by atoms with van der Waals surface area (Å²) in [6.07, 6.45) is 1.17. The first-order valence-corrected chi connectivity index (χ1v) is 12.2. The number of imide groups is 1. The maximum atomic E-state index is 12.9. The molecule has 0 bridgehead atoms. The summed E-state index contributed by atoms with van der Waals surface area (Å²) in [7, 11) is -2.34. The van der Waals surface area contributed by atoms with Crippen molar-refractivity contribution in [3.8, 4) is 5.75 Å². The van der Waals surface area contributed by atoms with Crippen LogP contribution < -0.4 is 5.32 Å². The minimum atomic E-state index is -3.74. The molecule has 0 spiro atoms. The van der Waals surface area contributed by atoms with Crippen molar-refractivity contribution in [1.29, 1.82) is 0 Å². The number of benzene rings is 1. The van der Waals surface area contributed by atoms with Crippen LogP contribution in [0.2, 0.25) is 0 Å². The number of hydrogen-bond donors (Lipinski definition) is 2. The van der Waals surface area contributed by atoms with E-state index in [2.05, 4.69) is 5.32 Å². The molecule has 10 heteroatoms. The SMILES string of the molecule is CCC1(CC)C(=O)N(C(=O)NCCc2ccc(O)c(I)c2)C1S(=O)(=O)CCOC. The van der Waals surface area contributed by atoms with E-state index in [-0.39, 0.29) is 24.7 Å². The van der Waals surface area contributed by atoms with Gasteiger partial charge in [0.15, 0.2) is 15.2 Å². The van der Waals surface area contributed by atoms with Gasteiger partial charge in [-0.15, -0.1) is 0 Å². The lowest BCUT2D eigenvalue weighted by Crippen LogP contribution is -2.74. The van der Waals surface area contributed by atoms with E-state index in [1.807, 2.05) is 22.6 Å². The number of halogens is 1. The van der Waals surface area contributed by atoms with E-state index in [0.29, 0.717) is 22.8 Å². The molecular weight excluding hydrogens is 511 g/mol. The van der Waals surface area contributed by atoms with E-state index in [1.54, 1.807) is 32.0 Å². The fourth-order valence-electron chi connectivity index (χ4n) is 3.65. The standard InChI is InChI=1S/C19H27IN2O6S/c1-4-19(5-2)16(24)22(17(19)29(26,27)11-10-28-3)18(25)21-9-8-13-6-7-15(23)14(20)12-13/h6-7,12,17,23H,4-5,8-11H2,1-3H3,(H,21,25). The summed E-state index contributed by atoms with van der Waals surface area (Å²) < 4.78 is 31.3. The Morgan fingerprint density at radius 1 is 1.34 bits per heavy atom. The van der Waals surface area contributed by atoms with Crippen molar-refractivity contribution in [2.75, 3.05) is 26.0 Å². The van der Waals surface area contributed by atoms with Gasteiger partial charge in [0.05, 0.1) is 21.3 Å². The predicted octanol–water partition coefficient (Wildman–Crippen LogP) is 2.28. The number of methoxy groups -OCH3 is 1. The highest BCUT2D eigenvalue weighted by Crippen LogP contribution is 2.47. The third-order valence-electron chi connectivity index (χ3n) is 5.45. The number of rotatable bonds is 9. The van der Waals surface area contributed by atoms with Crippen LogP contribution >= 0.6 is 22.6 Å². The maximum Gasteiger partial charge on any atom is 0.325 e. The summed E-state index contributed by atoms with van der Waals surface area (Å²) in [6, 6.07) is 4.42. The van der Waals surface area contributed by atoms with Gasteiger partial charge in [0, 0.05) is 13.7 Å². The molecule has 1 saturated heterocycles. The summed E-state index contributed by atoms with van der Waals surface area (Å²) in [5.74, 6) is -0.520. The molecule has 1 aliphatic heterocycles. The number of nitrogens with zero attached hydrogens (tertiary/aromatic N) is 1. The number of urea groups is 1. The highest BCUT2D eigenvalue weighted by Gasteiger charge is 2.65. The normalized spacial score (nSPS) is 18.4. The Kier molecular flexibility index (Phi) is 7.91. The van der Waals surface area contributed by atoms with E-state index in [4.69, 9.17) is 4.74 Å². The first-order chi connectivity index (χ1) is 13.6. The van der Waals surface area contributed by atoms with Crippen molar-refractivity contribution in [1.82, 2.24) is 10.2 Å². The molecule has 1 atom stereocenters. The monoisotopic (exact) mass is 538 g/mol. The summed E-state index contributed by atoms with van der Waals surface area (Å²) in [6.45, 7) is 3.77. The van der Waals surface area contributed by atoms with E-state index < -0.39 is 32.6 Å². The third-order valence-corrected chi connectivity index (χ3v) is 8.39. The Labute approximate surface area is 185 Å². The van der Waals surface area contributed by atoms with Crippen molar-refractivity contribution in [2.45, 2.75) is 38.5 Å². The number of amides is 3. The maximum absolute atomic E-state index is 12.9. The van der Waals surface area contributed by atoms with Crippen LogP contribution in [-0.2, 0) is 25.8 Å². The summed E-state index contributed by atoms with van der Waals surface area (Å²) in [5.41, 5.74) is -0.167. The average molecular weight is 538 g/mol. The van der Waals surface area contributed by atoms with Gasteiger partial charge >= 0.3 is 6.03 Å². The molecule has 0 aromatic heterocycles. The highest BCUT2D eigenvalue weighted by molar-refractivity contribution is 14.1. The molecule has 2 rings (SSSR count). The molecule has 1 aliphatic rings. The van der Waals surface area contributed by atoms with Gasteiger partial charge in [0.1, 0.15) is 5.75 Å². The number of likely N-dealkylation sites (tertiary alicyclic amines) is 1. The topological polar surface area (TPSA) is 113 Å². The number of carbonyl (C=O) groups excluding carboxylic acids is 2. The molecule has 1 unspecified atom stereocenters. The van der Waals surface area contributed by atoms with Gasteiger partial charge in [-0.1, -0.05) is 19.9 Å². The molecule has 162 valence electrons. The van der Waals surface area contributed by atoms with Crippen LogP contribution in [0.4, 0.5) is 4.79 Å². The molecule has 1 aromatic carbocycles. The van der Waals surface area contributed by atoms with Gasteiger partial charge in [-0.05, 0) is 59.5 Å². The molecule has 1 fully saturated rings. The molecule has 0 aliphatic carbocycles. The number of β-lactam (4-membered cyclic amide) rings is 1. The van der Waals surface area contributed by atoms with Crippen LogP contribution in [0.3, 0.4) is 0 Å². The van der Waals surface area contributed by atoms with Crippen LogP contribution in [0.25, 0.3) is 0 Å². The van der Waals surface area contributed by atoms with Crippen LogP contribution in [0.5, 0.6) is 5.75 Å². The Bertz CT molecular complexity index is 869. The van der Waals surface area contributed by atoms with Crippen molar-refractivity contribution < 1.29 is 27.9 Å². The van der Waals surface area contributed by atoms with E-state index in [9.17, 15) is 23.1 Å². The fraction of sp³-hybridized carbons (Fsp3) is 0.579. The molecule has 1 heterocycles. The lowest BCUT2D eigenvalue weighted by Gasteiger charge is -2.53. The second-order valence-electron chi connectivity index (χ2n) is 7.02. The minimum absolute atomic E-state index is 0.00544. The van der Waals surface area contributed by atoms with Crippen molar-refractivity contribution in [3.63, 3.8) is 0 Å². The molecule has 8 nitrogen and oxygen atoms in total. The average Bonchev–Trinajstić information content (AvgIpc) is 2.68. The number of phenolic OH excluding ortho intramolecular Hbond substituents is 1. The molecule has 1 aromatic rings. The van der Waals surface area contributed by atoms with Gasteiger partial charge in [0.2, 0.25) is 5.91 Å². The Balaban J connectivity index is 2.12. The Morgan fingerprint density at radius 3 is 2.55 bits per heavy atom. The number of phenols is 1. The van der Waals surface area contributed by atoms with Crippen LogP contribution in [0.15, 0.2) is 18.2 Å². The van der Waals surface area contributed by atoms with E-state index >= 15 is 0 Å². The largest absolute Gasteiger partial charge is 0.507 e. The number of sulfone groups is 1. The van der Waals surface area contributed by atoms with Gasteiger partial charge in [-0.25, -0.2) is 18.1 Å². The molecule has 0 radical (unpaired) electrons. The number of ether oxygens (including phenoxy) is 1. The van der Waals surface area contributed by atoms with Crippen molar-refractivity contribution in [3.05, 3.63) is 27.3 Å². The first kappa shape index (κ1) is 23.9. The third kappa shape index (κ3) is 4.69. The zero-order valence-corrected chi connectivity index (χ0v) is 19.7. The van der Waals surface area contributed by atoms with Gasteiger partial charge < -0.3 is 15.2 Å². The zero-order chi connectivity index (χ0) is 21.8. The second kappa shape index (κ2) is 9.61. The minimum Gasteiger partial charge on any atom is -0.507 e. The number of carbonyl (C=O) groups is 2. The molecular formula is C19H27IN2O6S. The molecule has 2 N–H and O–H groups in total. The highest BCUT2D eigenvalue weighted by atomic mass is 127. The Hall–Kier alpha value is -1.40. The lowest BCUT2D eigenvalue weighted by molar-refractivity contribution is -0.158. The van der Waals surface area contributed by atoms with Gasteiger partial charge in [-0.2, -0.15) is 0 Å². The summed E-state index contributed by atoms with van der Waals surface area (Å²) in [5, 5.41) is 11.0. The smallest absolute Gasteiger partial charge is 0.325 e. The van der Waals surface area contributed by atoms with Crippen LogP contribution in [-0.4, -0.2) is 61.8 Å². The number of nitrogens with one attached hydrogen (secondary N) is 1. The number of aromatic hydroxyl groups is 1. The number of hydrogen-bond acceptors (Lipinski definition) is 6. The van der Waals surface area contributed by atoms with Gasteiger partial charge in [-0.3, -0.25) is 4.79 Å². The fourth-order valence-corrected chi connectivity index (χ4v) is 6.49. The summed E-state index contributed by atoms with van der Waals surface area (Å²) >= 11 is 2.01. The van der Waals surface area contributed by atoms with E-state index in [1.165, 1.54) is 7.11 Å². The first-order valence-electron chi connectivity index (χ1n) is 9.44. The van der Waals surface area contributed by atoms with Crippen molar-refractivity contribution >= 4 is 44.4 Å². The zero-order valence-electron chi connectivity index (χ0n) is 16.8. The van der Waals surface area contributed by atoms with E-state index in [0.717, 1.165) is 10.5 Å². The van der Waals surface area contributed by atoms with Crippen molar-refractivity contribution in [2.24, 2.45) is 5.41 Å². The quantitative estimate of drug-likeness (QED) is 0.369. The van der Waals surface area contributed by atoms with Crippen LogP contribution in [0, 0.1) is 8.99 Å². The predicted molar refractivity (Wildman–Crippen MR) is 117 cm³/mol. The molecule has 3 amide bonds. The second-order valence-corrected chi connectivity index (χ2v) is 10.4. The van der Waals surface area contributed by atoms with Crippen LogP contribution in [0.1, 0.15) is 32.3 Å². The lowest BCUT2D eigenvalue weighted by atomic mass is 9.74.